The van der Waals surface area contributed by atoms with E-state index in [4.69, 9.17) is 4.74 Å². The minimum absolute atomic E-state index is 0.00571. The summed E-state index contributed by atoms with van der Waals surface area (Å²) in [5, 5.41) is 0. The van der Waals surface area contributed by atoms with Crippen LogP contribution < -0.4 is 9.80 Å². The molecule has 3 fully saturated rings. The molecule has 0 radical (unpaired) electrons. The van der Waals surface area contributed by atoms with Crippen molar-refractivity contribution in [2.45, 2.75) is 31.9 Å². The number of amides is 1. The lowest BCUT2D eigenvalue weighted by molar-refractivity contribution is -0.946. The van der Waals surface area contributed by atoms with Crippen molar-refractivity contribution in [3.8, 4) is 0 Å². The molecule has 36 heavy (non-hydrogen) atoms. The van der Waals surface area contributed by atoms with E-state index in [-0.39, 0.29) is 12.2 Å². The average molecular weight is 485 g/mol. The van der Waals surface area contributed by atoms with Crippen LogP contribution in [0.5, 0.6) is 0 Å². The fourth-order valence-electron chi connectivity index (χ4n) is 5.95. The molecule has 5 nitrogen and oxygen atoms in total. The molecule has 3 heterocycles. The highest BCUT2D eigenvalue weighted by molar-refractivity contribution is 5.87. The quantitative estimate of drug-likeness (QED) is 0.351. The van der Waals surface area contributed by atoms with Gasteiger partial charge >= 0.3 is 6.09 Å². The molecule has 3 aromatic carbocycles. The predicted molar refractivity (Wildman–Crippen MR) is 146 cm³/mol. The topological polar surface area (TPSA) is 32.8 Å². The Labute approximate surface area is 215 Å². The van der Waals surface area contributed by atoms with Gasteiger partial charge in [0.1, 0.15) is 6.54 Å². The average Bonchev–Trinajstić information content (AvgIpc) is 2.93. The molecule has 6 rings (SSSR count). The zero-order chi connectivity index (χ0) is 24.8. The van der Waals surface area contributed by atoms with E-state index >= 15 is 0 Å². The SMILES string of the molecule is CN(CCC[N+]12CCC(CC1)[C@@H](OC(=O)N(Cc1ccccc1)c1ccccc1)C2)c1ccccc1. The van der Waals surface area contributed by atoms with Crippen LogP contribution in [0.25, 0.3) is 0 Å². The number of benzene rings is 3. The number of para-hydroxylation sites is 2. The van der Waals surface area contributed by atoms with Crippen LogP contribution in [-0.4, -0.2) is 56.5 Å². The standard InChI is InChI=1S/C31H38N3O2/c1-32(28-14-7-3-8-15-28)20-11-21-34-22-18-27(19-23-34)30(25-34)36-31(35)33(29-16-9-4-10-17-29)24-26-12-5-2-6-13-26/h2-10,12-17,27,30H,11,18-25H2,1H3/q+1/t27?,30-,34?/m0/s1. The van der Waals surface area contributed by atoms with Gasteiger partial charge in [-0.05, 0) is 29.8 Å². The maximum absolute atomic E-state index is 13.5. The summed E-state index contributed by atoms with van der Waals surface area (Å²) >= 11 is 0. The van der Waals surface area contributed by atoms with Crippen LogP contribution in [0, 0.1) is 5.92 Å². The summed E-state index contributed by atoms with van der Waals surface area (Å²) in [4.78, 5) is 17.7. The van der Waals surface area contributed by atoms with Gasteiger partial charge in [-0.1, -0.05) is 66.7 Å². The summed E-state index contributed by atoms with van der Waals surface area (Å²) in [6, 6.07) is 30.6. The molecule has 1 amide bonds. The Morgan fingerprint density at radius 1 is 0.861 bits per heavy atom. The Morgan fingerprint density at radius 2 is 1.44 bits per heavy atom. The van der Waals surface area contributed by atoms with Crippen molar-refractivity contribution < 1.29 is 14.0 Å². The highest BCUT2D eigenvalue weighted by Crippen LogP contribution is 2.36. The van der Waals surface area contributed by atoms with Gasteiger partial charge in [0.2, 0.25) is 0 Å². The molecule has 2 bridgehead atoms. The zero-order valence-corrected chi connectivity index (χ0v) is 21.3. The van der Waals surface area contributed by atoms with Crippen LogP contribution in [-0.2, 0) is 11.3 Å². The Morgan fingerprint density at radius 3 is 2.08 bits per heavy atom. The molecule has 0 aromatic heterocycles. The lowest BCUT2D eigenvalue weighted by Gasteiger charge is -2.52. The van der Waals surface area contributed by atoms with Crippen molar-refractivity contribution in [2.24, 2.45) is 5.92 Å². The van der Waals surface area contributed by atoms with Crippen LogP contribution >= 0.6 is 0 Å². The van der Waals surface area contributed by atoms with E-state index < -0.39 is 0 Å². The summed E-state index contributed by atoms with van der Waals surface area (Å²) in [7, 11) is 2.17. The van der Waals surface area contributed by atoms with Gasteiger partial charge in [0.05, 0.1) is 26.2 Å². The van der Waals surface area contributed by atoms with Gasteiger partial charge in [-0.3, -0.25) is 4.90 Å². The minimum atomic E-state index is -0.231. The first-order chi connectivity index (χ1) is 17.6. The highest BCUT2D eigenvalue weighted by Gasteiger charge is 2.47. The first-order valence-electron chi connectivity index (χ1n) is 13.3. The normalized spacial score (nSPS) is 22.7. The molecule has 3 aliphatic rings. The van der Waals surface area contributed by atoms with E-state index in [0.29, 0.717) is 12.5 Å². The van der Waals surface area contributed by atoms with E-state index in [1.807, 2.05) is 48.5 Å². The van der Waals surface area contributed by atoms with E-state index in [2.05, 4.69) is 54.4 Å². The first kappa shape index (κ1) is 24.4. The molecule has 3 aliphatic heterocycles. The van der Waals surface area contributed by atoms with Gasteiger partial charge in [0, 0.05) is 50.1 Å². The highest BCUT2D eigenvalue weighted by atomic mass is 16.6. The zero-order valence-electron chi connectivity index (χ0n) is 21.3. The number of hydrogen-bond donors (Lipinski definition) is 0. The van der Waals surface area contributed by atoms with Crippen LogP contribution in [0.2, 0.25) is 0 Å². The first-order valence-corrected chi connectivity index (χ1v) is 13.3. The number of anilines is 2. The number of quaternary nitrogens is 1. The number of carbonyl (C=O) groups is 1. The van der Waals surface area contributed by atoms with Crippen molar-refractivity contribution >= 4 is 17.5 Å². The molecule has 0 unspecified atom stereocenters. The maximum Gasteiger partial charge on any atom is 0.415 e. The van der Waals surface area contributed by atoms with Crippen molar-refractivity contribution in [1.29, 1.82) is 0 Å². The lowest BCUT2D eigenvalue weighted by Crippen LogP contribution is -2.65. The van der Waals surface area contributed by atoms with Crippen LogP contribution in [0.15, 0.2) is 91.0 Å². The third kappa shape index (κ3) is 5.73. The number of piperidine rings is 3. The third-order valence-electron chi connectivity index (χ3n) is 8.09. The Hall–Kier alpha value is -3.31. The minimum Gasteiger partial charge on any atom is -0.440 e. The number of nitrogens with zero attached hydrogens (tertiary/aromatic N) is 3. The number of carbonyl (C=O) groups excluding carboxylic acids is 1. The van der Waals surface area contributed by atoms with Gasteiger partial charge in [0.25, 0.3) is 0 Å². The second-order valence-corrected chi connectivity index (χ2v) is 10.5. The van der Waals surface area contributed by atoms with Crippen LogP contribution in [0.1, 0.15) is 24.8 Å². The van der Waals surface area contributed by atoms with Gasteiger partial charge in [-0.25, -0.2) is 4.79 Å². The molecule has 1 atom stereocenters. The van der Waals surface area contributed by atoms with Gasteiger partial charge in [-0.2, -0.15) is 0 Å². The summed E-state index contributed by atoms with van der Waals surface area (Å²) < 4.78 is 7.38. The molecule has 188 valence electrons. The number of hydrogen-bond acceptors (Lipinski definition) is 3. The van der Waals surface area contributed by atoms with E-state index in [0.717, 1.165) is 54.6 Å². The molecule has 0 saturated carbocycles. The van der Waals surface area contributed by atoms with Crippen molar-refractivity contribution in [1.82, 2.24) is 0 Å². The van der Waals surface area contributed by atoms with Gasteiger partial charge in [0.15, 0.2) is 6.10 Å². The molecule has 0 spiro atoms. The molecule has 3 saturated heterocycles. The molecule has 5 heteroatoms. The summed E-state index contributed by atoms with van der Waals surface area (Å²) in [6.07, 6.45) is 3.20. The molecule has 0 aliphatic carbocycles. The molecule has 3 aromatic rings. The predicted octanol–water partition coefficient (Wildman–Crippen LogP) is 5.97. The fourth-order valence-corrected chi connectivity index (χ4v) is 5.95. The van der Waals surface area contributed by atoms with Crippen molar-refractivity contribution in [2.75, 3.05) is 49.6 Å². The summed E-state index contributed by atoms with van der Waals surface area (Å²) in [6.45, 7) is 6.05. The number of rotatable bonds is 9. The van der Waals surface area contributed by atoms with E-state index in [1.54, 1.807) is 4.90 Å². The van der Waals surface area contributed by atoms with Gasteiger partial charge in [-0.15, -0.1) is 0 Å². The Balaban J connectivity index is 1.22. The van der Waals surface area contributed by atoms with E-state index in [1.165, 1.54) is 18.8 Å². The summed E-state index contributed by atoms with van der Waals surface area (Å²) in [5.74, 6) is 0.482. The fraction of sp³-hybridized carbons (Fsp3) is 0.387. The largest absolute Gasteiger partial charge is 0.440 e. The number of fused-ring (bicyclic) bond motifs is 3. The smallest absolute Gasteiger partial charge is 0.415 e. The molecular weight excluding hydrogens is 446 g/mol. The van der Waals surface area contributed by atoms with Crippen LogP contribution in [0.3, 0.4) is 0 Å². The third-order valence-corrected chi connectivity index (χ3v) is 8.09. The van der Waals surface area contributed by atoms with Crippen molar-refractivity contribution in [3.63, 3.8) is 0 Å². The van der Waals surface area contributed by atoms with Gasteiger partial charge < -0.3 is 14.1 Å². The van der Waals surface area contributed by atoms with E-state index in [9.17, 15) is 4.79 Å². The second kappa shape index (κ2) is 11.2. The Kier molecular flexibility index (Phi) is 7.57. The molecular formula is C31H38N3O2+. The monoisotopic (exact) mass is 484 g/mol. The van der Waals surface area contributed by atoms with Crippen LogP contribution in [0.4, 0.5) is 16.2 Å². The van der Waals surface area contributed by atoms with Crippen molar-refractivity contribution in [3.05, 3.63) is 96.6 Å². The lowest BCUT2D eigenvalue weighted by atomic mass is 9.83. The number of ether oxygens (including phenoxy) is 1. The molecule has 0 N–H and O–H groups in total. The summed E-state index contributed by atoms with van der Waals surface area (Å²) in [5.41, 5.74) is 3.24. The Bertz CT molecular complexity index is 1100. The second-order valence-electron chi connectivity index (χ2n) is 10.5. The maximum atomic E-state index is 13.5.